The number of pyridine rings is 1. The number of nitrogens with one attached hydrogen (secondary N) is 3. The molecule has 0 aliphatic carbocycles. The summed E-state index contributed by atoms with van der Waals surface area (Å²) >= 11 is 0. The van der Waals surface area contributed by atoms with E-state index in [-0.39, 0.29) is 23.6 Å². The third-order valence-electron chi connectivity index (χ3n) is 4.10. The second-order valence-electron chi connectivity index (χ2n) is 5.91. The van der Waals surface area contributed by atoms with Crippen molar-refractivity contribution in [3.05, 3.63) is 45.7 Å². The van der Waals surface area contributed by atoms with E-state index in [4.69, 9.17) is 0 Å². The van der Waals surface area contributed by atoms with Crippen LogP contribution in [0.3, 0.4) is 0 Å². The van der Waals surface area contributed by atoms with Gasteiger partial charge in [0.1, 0.15) is 5.69 Å². The molecule has 1 fully saturated rings. The maximum Gasteiger partial charge on any atom is 0.268 e. The summed E-state index contributed by atoms with van der Waals surface area (Å²) in [7, 11) is 0. The van der Waals surface area contributed by atoms with Crippen LogP contribution in [0.1, 0.15) is 16.1 Å². The molecule has 1 aromatic carbocycles. The average molecular weight is 328 g/mol. The molecule has 1 saturated heterocycles. The molecule has 0 bridgehead atoms. The highest BCUT2D eigenvalue weighted by molar-refractivity contribution is 5.96. The molecule has 0 saturated carbocycles. The van der Waals surface area contributed by atoms with Gasteiger partial charge in [0.2, 0.25) is 5.91 Å². The summed E-state index contributed by atoms with van der Waals surface area (Å²) in [5, 5.41) is 6.29. The Morgan fingerprint density at radius 3 is 2.71 bits per heavy atom. The first-order valence-corrected chi connectivity index (χ1v) is 7.95. The van der Waals surface area contributed by atoms with E-state index in [9.17, 15) is 14.4 Å². The van der Waals surface area contributed by atoms with Crippen LogP contribution >= 0.6 is 0 Å². The SMILES string of the molecule is Cc1ccc2c(=O)cc(C(=O)NCC(=O)N3CCNCC3)[nH]c2c1. The van der Waals surface area contributed by atoms with Gasteiger partial charge in [-0.05, 0) is 24.6 Å². The summed E-state index contributed by atoms with van der Waals surface area (Å²) in [4.78, 5) is 41.1. The fraction of sp³-hybridized carbons (Fsp3) is 0.353. The Balaban J connectivity index is 1.71. The van der Waals surface area contributed by atoms with E-state index in [0.29, 0.717) is 24.0 Å². The van der Waals surface area contributed by atoms with Gasteiger partial charge >= 0.3 is 0 Å². The highest BCUT2D eigenvalue weighted by Crippen LogP contribution is 2.10. The molecular formula is C17H20N4O3. The lowest BCUT2D eigenvalue weighted by Gasteiger charge is -2.27. The standard InChI is InChI=1S/C17H20N4O3/c1-11-2-3-12-13(8-11)20-14(9-15(12)22)17(24)19-10-16(23)21-6-4-18-5-7-21/h2-3,8-9,18H,4-7,10H2,1H3,(H,19,24)(H,20,22). The van der Waals surface area contributed by atoms with Crippen molar-refractivity contribution in [3.8, 4) is 0 Å². The van der Waals surface area contributed by atoms with E-state index in [2.05, 4.69) is 15.6 Å². The smallest absolute Gasteiger partial charge is 0.268 e. The number of H-pyrrole nitrogens is 1. The minimum atomic E-state index is -0.459. The zero-order valence-electron chi connectivity index (χ0n) is 13.5. The van der Waals surface area contributed by atoms with Crippen LogP contribution in [0.25, 0.3) is 10.9 Å². The average Bonchev–Trinajstić information content (AvgIpc) is 2.59. The van der Waals surface area contributed by atoms with E-state index in [1.807, 2.05) is 19.1 Å². The van der Waals surface area contributed by atoms with Crippen LogP contribution in [0.2, 0.25) is 0 Å². The summed E-state index contributed by atoms with van der Waals surface area (Å²) in [6.07, 6.45) is 0. The third kappa shape index (κ3) is 3.46. The predicted octanol–water partition coefficient (Wildman–Crippen LogP) is -0.00188. The molecule has 1 aliphatic heterocycles. The van der Waals surface area contributed by atoms with Crippen molar-refractivity contribution >= 4 is 22.7 Å². The van der Waals surface area contributed by atoms with Crippen LogP contribution < -0.4 is 16.1 Å². The number of carbonyl (C=O) groups excluding carboxylic acids is 2. The van der Waals surface area contributed by atoms with Crippen LogP contribution in [0.5, 0.6) is 0 Å². The maximum atomic E-state index is 12.2. The van der Waals surface area contributed by atoms with Gasteiger partial charge in [-0.3, -0.25) is 14.4 Å². The molecule has 3 rings (SSSR count). The monoisotopic (exact) mass is 328 g/mol. The molecule has 0 radical (unpaired) electrons. The van der Waals surface area contributed by atoms with Gasteiger partial charge in [0.05, 0.1) is 12.1 Å². The number of aryl methyl sites for hydroxylation is 1. The number of hydrogen-bond acceptors (Lipinski definition) is 4. The van der Waals surface area contributed by atoms with Crippen molar-refractivity contribution in [2.24, 2.45) is 0 Å². The number of carbonyl (C=O) groups is 2. The maximum absolute atomic E-state index is 12.2. The Hall–Kier alpha value is -2.67. The first kappa shape index (κ1) is 16.2. The molecular weight excluding hydrogens is 308 g/mol. The Kier molecular flexibility index (Phi) is 4.61. The van der Waals surface area contributed by atoms with Gasteiger partial charge < -0.3 is 20.5 Å². The fourth-order valence-electron chi connectivity index (χ4n) is 2.77. The van der Waals surface area contributed by atoms with Crippen LogP contribution in [0, 0.1) is 6.92 Å². The van der Waals surface area contributed by atoms with Gasteiger partial charge in [0.15, 0.2) is 5.43 Å². The number of aromatic nitrogens is 1. The molecule has 2 heterocycles. The molecule has 0 atom stereocenters. The van der Waals surface area contributed by atoms with Crippen LogP contribution in [-0.4, -0.2) is 54.4 Å². The molecule has 2 aromatic rings. The van der Waals surface area contributed by atoms with Crippen molar-refractivity contribution in [2.45, 2.75) is 6.92 Å². The second kappa shape index (κ2) is 6.84. The largest absolute Gasteiger partial charge is 0.350 e. The zero-order valence-corrected chi connectivity index (χ0v) is 13.5. The van der Waals surface area contributed by atoms with Gasteiger partial charge in [-0.25, -0.2) is 0 Å². The zero-order chi connectivity index (χ0) is 17.1. The Labute approximate surface area is 139 Å². The lowest BCUT2D eigenvalue weighted by Crippen LogP contribution is -2.49. The molecule has 0 unspecified atom stereocenters. The first-order valence-electron chi connectivity index (χ1n) is 7.95. The van der Waals surface area contributed by atoms with Gasteiger partial charge in [-0.15, -0.1) is 0 Å². The number of rotatable bonds is 3. The van der Waals surface area contributed by atoms with Gasteiger partial charge in [0.25, 0.3) is 5.91 Å². The topological polar surface area (TPSA) is 94.3 Å². The molecule has 1 aliphatic rings. The number of fused-ring (bicyclic) bond motifs is 1. The predicted molar refractivity (Wildman–Crippen MR) is 91.1 cm³/mol. The highest BCUT2D eigenvalue weighted by atomic mass is 16.2. The van der Waals surface area contributed by atoms with Gasteiger partial charge in [0, 0.05) is 37.6 Å². The molecule has 2 amide bonds. The van der Waals surface area contributed by atoms with Gasteiger partial charge in [-0.1, -0.05) is 6.07 Å². The number of aromatic amines is 1. The molecule has 3 N–H and O–H groups in total. The molecule has 7 heteroatoms. The quantitative estimate of drug-likeness (QED) is 0.739. The Morgan fingerprint density at radius 2 is 1.96 bits per heavy atom. The van der Waals surface area contributed by atoms with Crippen molar-refractivity contribution in [3.63, 3.8) is 0 Å². The Morgan fingerprint density at radius 1 is 1.21 bits per heavy atom. The summed E-state index contributed by atoms with van der Waals surface area (Å²) in [6, 6.07) is 6.67. The number of benzene rings is 1. The van der Waals surface area contributed by atoms with Crippen LogP contribution in [0.15, 0.2) is 29.1 Å². The lowest BCUT2D eigenvalue weighted by atomic mass is 10.1. The van der Waals surface area contributed by atoms with Crippen molar-refractivity contribution in [2.75, 3.05) is 32.7 Å². The lowest BCUT2D eigenvalue weighted by molar-refractivity contribution is -0.130. The van der Waals surface area contributed by atoms with E-state index < -0.39 is 5.91 Å². The normalized spacial score (nSPS) is 14.6. The minimum Gasteiger partial charge on any atom is -0.350 e. The second-order valence-corrected chi connectivity index (χ2v) is 5.91. The van der Waals surface area contributed by atoms with E-state index in [0.717, 1.165) is 18.7 Å². The van der Waals surface area contributed by atoms with Crippen molar-refractivity contribution in [1.29, 1.82) is 0 Å². The van der Waals surface area contributed by atoms with E-state index >= 15 is 0 Å². The van der Waals surface area contributed by atoms with Crippen LogP contribution in [-0.2, 0) is 4.79 Å². The van der Waals surface area contributed by atoms with Crippen molar-refractivity contribution < 1.29 is 9.59 Å². The number of piperazine rings is 1. The summed E-state index contributed by atoms with van der Waals surface area (Å²) in [5.41, 5.74) is 1.54. The molecule has 1 aromatic heterocycles. The van der Waals surface area contributed by atoms with Gasteiger partial charge in [-0.2, -0.15) is 0 Å². The highest BCUT2D eigenvalue weighted by Gasteiger charge is 2.17. The van der Waals surface area contributed by atoms with Crippen molar-refractivity contribution in [1.82, 2.24) is 20.5 Å². The molecule has 0 spiro atoms. The number of nitrogens with zero attached hydrogens (tertiary/aromatic N) is 1. The van der Waals surface area contributed by atoms with E-state index in [1.54, 1.807) is 11.0 Å². The molecule has 7 nitrogen and oxygen atoms in total. The molecule has 126 valence electrons. The first-order chi connectivity index (χ1) is 11.5. The number of amides is 2. The summed E-state index contributed by atoms with van der Waals surface area (Å²) in [6.45, 7) is 4.64. The third-order valence-corrected chi connectivity index (χ3v) is 4.10. The fourth-order valence-corrected chi connectivity index (χ4v) is 2.77. The summed E-state index contributed by atoms with van der Waals surface area (Å²) in [5.74, 6) is -0.581. The number of hydrogen-bond donors (Lipinski definition) is 3. The Bertz CT molecular complexity index is 837. The summed E-state index contributed by atoms with van der Waals surface area (Å²) < 4.78 is 0. The van der Waals surface area contributed by atoms with E-state index in [1.165, 1.54) is 6.07 Å². The van der Waals surface area contributed by atoms with Crippen LogP contribution in [0.4, 0.5) is 0 Å². The minimum absolute atomic E-state index is 0.0767. The molecule has 24 heavy (non-hydrogen) atoms.